The smallest absolute Gasteiger partial charge is 0.328 e. The standard InChI is InChI=1S/C22H34N4O6S/c1-13(2)18(23)21(30)24-15(9-10-33-3)19(28)25-16(11-14-7-5-4-6-8-14)20(29)26-17(12-27)22(31)32/h4-8,13,15-18,27H,9-12,23H2,1-3H3,(H,24,30)(H,25,28)(H,26,29)(H,31,32). The summed E-state index contributed by atoms with van der Waals surface area (Å²) in [6.45, 7) is 2.79. The van der Waals surface area contributed by atoms with Crippen LogP contribution in [-0.4, -0.2) is 76.7 Å². The molecule has 11 heteroatoms. The highest BCUT2D eigenvalue weighted by Crippen LogP contribution is 2.08. The molecule has 3 amide bonds. The normalized spacial score (nSPS) is 14.6. The van der Waals surface area contributed by atoms with Crippen molar-refractivity contribution in [3.05, 3.63) is 35.9 Å². The predicted octanol–water partition coefficient (Wildman–Crippen LogP) is -0.503. The number of thioether (sulfide) groups is 1. The molecule has 0 fully saturated rings. The van der Waals surface area contributed by atoms with Crippen LogP contribution in [0.2, 0.25) is 0 Å². The number of carboxylic acids is 1. The van der Waals surface area contributed by atoms with Crippen molar-refractivity contribution in [2.24, 2.45) is 11.7 Å². The predicted molar refractivity (Wildman–Crippen MR) is 126 cm³/mol. The number of aliphatic hydroxyl groups is 1. The molecule has 184 valence electrons. The fourth-order valence-corrected chi connectivity index (χ4v) is 3.34. The Labute approximate surface area is 198 Å². The van der Waals surface area contributed by atoms with Gasteiger partial charge in [-0.3, -0.25) is 14.4 Å². The maximum atomic E-state index is 13.0. The molecule has 1 aromatic rings. The zero-order valence-electron chi connectivity index (χ0n) is 19.1. The first-order valence-electron chi connectivity index (χ1n) is 10.6. The highest BCUT2D eigenvalue weighted by molar-refractivity contribution is 7.98. The first kappa shape index (κ1) is 28.4. The summed E-state index contributed by atoms with van der Waals surface area (Å²) in [5.41, 5.74) is 6.63. The van der Waals surface area contributed by atoms with Gasteiger partial charge in [-0.05, 0) is 29.9 Å². The number of carbonyl (C=O) groups is 4. The van der Waals surface area contributed by atoms with E-state index in [-0.39, 0.29) is 12.3 Å². The molecule has 0 aliphatic carbocycles. The average molecular weight is 483 g/mol. The zero-order valence-corrected chi connectivity index (χ0v) is 19.9. The van der Waals surface area contributed by atoms with Crippen LogP contribution in [0.25, 0.3) is 0 Å². The number of hydrogen-bond acceptors (Lipinski definition) is 7. The topological polar surface area (TPSA) is 171 Å². The summed E-state index contributed by atoms with van der Waals surface area (Å²) in [6, 6.07) is 4.53. The van der Waals surface area contributed by atoms with Crippen LogP contribution < -0.4 is 21.7 Å². The SMILES string of the molecule is CSCCC(NC(=O)C(N)C(C)C)C(=O)NC(Cc1ccccc1)C(=O)NC(CO)C(=O)O. The molecule has 7 N–H and O–H groups in total. The summed E-state index contributed by atoms with van der Waals surface area (Å²) in [4.78, 5) is 49.5. The van der Waals surface area contributed by atoms with Gasteiger partial charge in [0.05, 0.1) is 12.6 Å². The summed E-state index contributed by atoms with van der Waals surface area (Å²) < 4.78 is 0. The van der Waals surface area contributed by atoms with Gasteiger partial charge in [0.2, 0.25) is 17.7 Å². The monoisotopic (exact) mass is 482 g/mol. The molecule has 0 saturated carbocycles. The molecule has 1 rings (SSSR count). The second-order valence-electron chi connectivity index (χ2n) is 7.95. The number of nitrogens with two attached hydrogens (primary N) is 1. The van der Waals surface area contributed by atoms with Gasteiger partial charge in [-0.1, -0.05) is 44.2 Å². The van der Waals surface area contributed by atoms with E-state index in [1.54, 1.807) is 44.2 Å². The lowest BCUT2D eigenvalue weighted by molar-refractivity contribution is -0.143. The summed E-state index contributed by atoms with van der Waals surface area (Å²) in [7, 11) is 0. The van der Waals surface area contributed by atoms with E-state index < -0.39 is 54.5 Å². The van der Waals surface area contributed by atoms with Gasteiger partial charge >= 0.3 is 5.97 Å². The Hall–Kier alpha value is -2.63. The highest BCUT2D eigenvalue weighted by Gasteiger charge is 2.30. The van der Waals surface area contributed by atoms with Crippen molar-refractivity contribution >= 4 is 35.5 Å². The fourth-order valence-electron chi connectivity index (χ4n) is 2.86. The minimum Gasteiger partial charge on any atom is -0.480 e. The van der Waals surface area contributed by atoms with Crippen molar-refractivity contribution in [2.45, 2.75) is 50.9 Å². The molecule has 0 bridgehead atoms. The molecule has 0 radical (unpaired) electrons. The number of amides is 3. The van der Waals surface area contributed by atoms with E-state index in [2.05, 4.69) is 16.0 Å². The van der Waals surface area contributed by atoms with Gasteiger partial charge in [-0.2, -0.15) is 11.8 Å². The van der Waals surface area contributed by atoms with Crippen LogP contribution in [0.3, 0.4) is 0 Å². The maximum Gasteiger partial charge on any atom is 0.328 e. The fraction of sp³-hybridized carbons (Fsp3) is 0.545. The minimum atomic E-state index is -1.51. The Morgan fingerprint density at radius 2 is 1.48 bits per heavy atom. The molecule has 4 atom stereocenters. The van der Waals surface area contributed by atoms with E-state index in [0.29, 0.717) is 12.2 Å². The summed E-state index contributed by atoms with van der Waals surface area (Å²) in [6.07, 6.45) is 2.27. The molecule has 0 heterocycles. The zero-order chi connectivity index (χ0) is 25.0. The largest absolute Gasteiger partial charge is 0.480 e. The van der Waals surface area contributed by atoms with E-state index in [1.807, 2.05) is 6.26 Å². The lowest BCUT2D eigenvalue weighted by Crippen LogP contribution is -2.58. The molecule has 0 saturated heterocycles. The summed E-state index contributed by atoms with van der Waals surface area (Å²) in [5, 5.41) is 25.9. The molecule has 33 heavy (non-hydrogen) atoms. The van der Waals surface area contributed by atoms with Crippen LogP contribution in [-0.2, 0) is 25.6 Å². The Morgan fingerprint density at radius 3 is 2.00 bits per heavy atom. The van der Waals surface area contributed by atoms with Gasteiger partial charge in [-0.15, -0.1) is 0 Å². The van der Waals surface area contributed by atoms with Crippen molar-refractivity contribution in [3.63, 3.8) is 0 Å². The van der Waals surface area contributed by atoms with Crippen molar-refractivity contribution in [1.82, 2.24) is 16.0 Å². The van der Waals surface area contributed by atoms with E-state index >= 15 is 0 Å². The second kappa shape index (κ2) is 14.5. The van der Waals surface area contributed by atoms with Crippen LogP contribution in [0, 0.1) is 5.92 Å². The van der Waals surface area contributed by atoms with Crippen molar-refractivity contribution in [3.8, 4) is 0 Å². The van der Waals surface area contributed by atoms with E-state index in [1.165, 1.54) is 11.8 Å². The molecular formula is C22H34N4O6S. The number of carbonyl (C=O) groups excluding carboxylic acids is 3. The van der Waals surface area contributed by atoms with Gasteiger partial charge in [-0.25, -0.2) is 4.79 Å². The summed E-state index contributed by atoms with van der Waals surface area (Å²) in [5.74, 6) is -2.76. The van der Waals surface area contributed by atoms with E-state index in [4.69, 9.17) is 10.8 Å². The molecular weight excluding hydrogens is 448 g/mol. The molecule has 4 unspecified atom stereocenters. The maximum absolute atomic E-state index is 13.0. The van der Waals surface area contributed by atoms with Crippen molar-refractivity contribution < 1.29 is 29.4 Å². The van der Waals surface area contributed by atoms with Crippen LogP contribution in [0.4, 0.5) is 0 Å². The number of rotatable bonds is 14. The molecule has 0 spiro atoms. The van der Waals surface area contributed by atoms with Crippen molar-refractivity contribution in [1.29, 1.82) is 0 Å². The molecule has 0 aromatic heterocycles. The minimum absolute atomic E-state index is 0.0882. The third-order valence-corrected chi connectivity index (χ3v) is 5.62. The lowest BCUT2D eigenvalue weighted by Gasteiger charge is -2.25. The average Bonchev–Trinajstić information content (AvgIpc) is 2.78. The van der Waals surface area contributed by atoms with Gasteiger partial charge in [0.15, 0.2) is 0 Å². The van der Waals surface area contributed by atoms with E-state index in [0.717, 1.165) is 5.56 Å². The van der Waals surface area contributed by atoms with Crippen LogP contribution in [0.1, 0.15) is 25.8 Å². The van der Waals surface area contributed by atoms with Gasteiger partial charge in [0.25, 0.3) is 0 Å². The highest BCUT2D eigenvalue weighted by atomic mass is 32.2. The number of aliphatic hydroxyl groups excluding tert-OH is 1. The van der Waals surface area contributed by atoms with Gasteiger partial charge < -0.3 is 31.9 Å². The molecule has 0 aliphatic heterocycles. The third kappa shape index (κ3) is 9.80. The quantitative estimate of drug-likeness (QED) is 0.206. The van der Waals surface area contributed by atoms with Gasteiger partial charge in [0.1, 0.15) is 18.1 Å². The number of benzene rings is 1. The lowest BCUT2D eigenvalue weighted by atomic mass is 10.0. The molecule has 10 nitrogen and oxygen atoms in total. The Kier molecular flexibility index (Phi) is 12.5. The first-order valence-corrected chi connectivity index (χ1v) is 12.0. The number of aliphatic carboxylic acids is 1. The molecule has 0 aliphatic rings. The Morgan fingerprint density at radius 1 is 0.939 bits per heavy atom. The van der Waals surface area contributed by atoms with Crippen molar-refractivity contribution in [2.75, 3.05) is 18.6 Å². The number of hydrogen-bond donors (Lipinski definition) is 6. The number of carboxylic acid groups (broad SMARTS) is 1. The Bertz CT molecular complexity index is 792. The van der Waals surface area contributed by atoms with Crippen LogP contribution in [0.5, 0.6) is 0 Å². The van der Waals surface area contributed by atoms with E-state index in [9.17, 15) is 24.3 Å². The second-order valence-corrected chi connectivity index (χ2v) is 8.93. The van der Waals surface area contributed by atoms with Gasteiger partial charge in [0, 0.05) is 6.42 Å². The van der Waals surface area contributed by atoms with Crippen LogP contribution in [0.15, 0.2) is 30.3 Å². The first-order chi connectivity index (χ1) is 15.6. The summed E-state index contributed by atoms with van der Waals surface area (Å²) >= 11 is 1.50. The van der Waals surface area contributed by atoms with Crippen LogP contribution >= 0.6 is 11.8 Å². The third-order valence-electron chi connectivity index (χ3n) is 4.98. The number of nitrogens with one attached hydrogen (secondary N) is 3. The Balaban J connectivity index is 3.06. The molecule has 1 aromatic carbocycles.